The smallest absolute Gasteiger partial charge is 0.255 e. The van der Waals surface area contributed by atoms with Gasteiger partial charge < -0.3 is 9.64 Å². The van der Waals surface area contributed by atoms with Crippen LogP contribution in [0.1, 0.15) is 21.3 Å². The fourth-order valence-corrected chi connectivity index (χ4v) is 4.59. The molecule has 1 amide bonds. The molecule has 3 aromatic rings. The first-order chi connectivity index (χ1) is 11.8. The summed E-state index contributed by atoms with van der Waals surface area (Å²) < 4.78 is 13.7. The van der Waals surface area contributed by atoms with Crippen LogP contribution in [0.3, 0.4) is 0 Å². The third-order valence-electron chi connectivity index (χ3n) is 4.03. The lowest BCUT2D eigenvalue weighted by molar-refractivity contribution is 0.0760. The fraction of sp³-hybridized carbons (Fsp3) is 0.235. The monoisotopic (exact) mass is 357 g/mol. The molecule has 1 atom stereocenters. The molecule has 0 radical (unpaired) electrons. The first-order valence-electron chi connectivity index (χ1n) is 7.55. The lowest BCUT2D eigenvalue weighted by Gasteiger charge is -2.24. The van der Waals surface area contributed by atoms with Gasteiger partial charge in [0.05, 0.1) is 18.8 Å². The number of ether oxygens (including phenoxy) is 1. The summed E-state index contributed by atoms with van der Waals surface area (Å²) in [6.45, 7) is 0.735. The van der Waals surface area contributed by atoms with E-state index in [2.05, 4.69) is 8.75 Å². The Morgan fingerprint density at radius 1 is 1.21 bits per heavy atom. The van der Waals surface area contributed by atoms with E-state index >= 15 is 0 Å². The number of benzene rings is 2. The number of hydrogen-bond acceptors (Lipinski definition) is 6. The number of hydrogen-bond donors (Lipinski definition) is 0. The average molecular weight is 357 g/mol. The van der Waals surface area contributed by atoms with Crippen LogP contribution in [-0.2, 0) is 0 Å². The predicted molar refractivity (Wildman–Crippen MR) is 96.6 cm³/mol. The van der Waals surface area contributed by atoms with Crippen molar-refractivity contribution in [1.82, 2.24) is 13.6 Å². The van der Waals surface area contributed by atoms with E-state index in [0.29, 0.717) is 5.56 Å². The maximum atomic E-state index is 13.0. The second-order valence-corrected chi connectivity index (χ2v) is 7.18. The van der Waals surface area contributed by atoms with Crippen molar-refractivity contribution in [2.45, 2.75) is 5.37 Å². The van der Waals surface area contributed by atoms with Gasteiger partial charge in [-0.25, -0.2) is 0 Å². The first-order valence-corrected chi connectivity index (χ1v) is 9.33. The Hall–Kier alpha value is -2.12. The number of methoxy groups -OCH3 is 1. The van der Waals surface area contributed by atoms with Crippen molar-refractivity contribution < 1.29 is 9.53 Å². The van der Waals surface area contributed by atoms with E-state index in [9.17, 15) is 4.79 Å². The number of nitrogens with zero attached hydrogens (tertiary/aromatic N) is 3. The van der Waals surface area contributed by atoms with Crippen molar-refractivity contribution in [3.05, 3.63) is 53.6 Å². The molecule has 0 N–H and O–H groups in total. The molecular formula is C17H15N3O2S2. The van der Waals surface area contributed by atoms with Gasteiger partial charge in [0.25, 0.3) is 5.91 Å². The third kappa shape index (κ3) is 2.74. The van der Waals surface area contributed by atoms with Crippen LogP contribution in [-0.4, -0.2) is 39.0 Å². The van der Waals surface area contributed by atoms with Gasteiger partial charge in [-0.3, -0.25) is 4.79 Å². The van der Waals surface area contributed by atoms with Crippen LogP contribution in [0.15, 0.2) is 42.5 Å². The number of carbonyl (C=O) groups excluding carboxylic acids is 1. The molecule has 1 aromatic heterocycles. The van der Waals surface area contributed by atoms with Crippen LogP contribution in [0.25, 0.3) is 11.0 Å². The minimum absolute atomic E-state index is 0.0110. The summed E-state index contributed by atoms with van der Waals surface area (Å²) in [7, 11) is 1.65. The molecule has 0 bridgehead atoms. The van der Waals surface area contributed by atoms with E-state index in [4.69, 9.17) is 4.74 Å². The summed E-state index contributed by atoms with van der Waals surface area (Å²) in [5.74, 6) is 1.76. The molecule has 2 aromatic carbocycles. The van der Waals surface area contributed by atoms with Crippen molar-refractivity contribution in [3.63, 3.8) is 0 Å². The summed E-state index contributed by atoms with van der Waals surface area (Å²) in [4.78, 5) is 14.9. The van der Waals surface area contributed by atoms with Gasteiger partial charge in [-0.2, -0.15) is 8.75 Å². The van der Waals surface area contributed by atoms with Crippen molar-refractivity contribution in [1.29, 1.82) is 0 Å². The number of fused-ring (bicyclic) bond motifs is 1. The SMILES string of the molecule is COc1cccc([C@@H]2SCCN2C(=O)c2ccc3nsnc3c2)c1. The highest BCUT2D eigenvalue weighted by molar-refractivity contribution is 7.99. The molecule has 0 saturated carbocycles. The molecule has 0 spiro atoms. The fourth-order valence-electron chi connectivity index (χ4n) is 2.83. The Kier molecular flexibility index (Phi) is 4.12. The van der Waals surface area contributed by atoms with Gasteiger partial charge in [-0.05, 0) is 35.9 Å². The highest BCUT2D eigenvalue weighted by Gasteiger charge is 2.31. The van der Waals surface area contributed by atoms with Crippen molar-refractivity contribution in [2.75, 3.05) is 19.4 Å². The van der Waals surface area contributed by atoms with E-state index in [1.54, 1.807) is 18.9 Å². The maximum Gasteiger partial charge on any atom is 0.255 e. The van der Waals surface area contributed by atoms with Gasteiger partial charge in [-0.1, -0.05) is 12.1 Å². The maximum absolute atomic E-state index is 13.0. The molecule has 4 rings (SSSR count). The van der Waals surface area contributed by atoms with Crippen LogP contribution in [0.5, 0.6) is 5.75 Å². The van der Waals surface area contributed by atoms with Gasteiger partial charge in [0.15, 0.2) is 0 Å². The van der Waals surface area contributed by atoms with Crippen molar-refractivity contribution in [2.24, 2.45) is 0 Å². The summed E-state index contributed by atoms with van der Waals surface area (Å²) in [5, 5.41) is 0.0110. The van der Waals surface area contributed by atoms with Gasteiger partial charge in [-0.15, -0.1) is 11.8 Å². The molecule has 0 unspecified atom stereocenters. The van der Waals surface area contributed by atoms with Gasteiger partial charge >= 0.3 is 0 Å². The minimum Gasteiger partial charge on any atom is -0.497 e. The zero-order valence-electron chi connectivity index (χ0n) is 13.0. The number of amides is 1. The molecule has 5 nitrogen and oxygen atoms in total. The van der Waals surface area contributed by atoms with Crippen LogP contribution in [0.4, 0.5) is 0 Å². The molecule has 1 aliphatic rings. The number of rotatable bonds is 3. The van der Waals surface area contributed by atoms with E-state index in [-0.39, 0.29) is 11.3 Å². The quantitative estimate of drug-likeness (QED) is 0.717. The topological polar surface area (TPSA) is 55.3 Å². The van der Waals surface area contributed by atoms with Gasteiger partial charge in [0.2, 0.25) is 0 Å². The van der Waals surface area contributed by atoms with Crippen LogP contribution < -0.4 is 4.74 Å². The zero-order chi connectivity index (χ0) is 16.5. The lowest BCUT2D eigenvalue weighted by atomic mass is 10.1. The van der Waals surface area contributed by atoms with E-state index in [1.165, 1.54) is 0 Å². The Bertz CT molecular complexity index is 896. The normalized spacial score (nSPS) is 17.4. The average Bonchev–Trinajstić information content (AvgIpc) is 3.29. The van der Waals surface area contributed by atoms with Gasteiger partial charge in [0, 0.05) is 17.9 Å². The minimum atomic E-state index is 0.0110. The molecule has 7 heteroatoms. The third-order valence-corrected chi connectivity index (χ3v) is 5.85. The summed E-state index contributed by atoms with van der Waals surface area (Å²) in [6.07, 6.45) is 0. The van der Waals surface area contributed by atoms with Crippen molar-refractivity contribution in [3.8, 4) is 5.75 Å². The molecule has 2 heterocycles. The number of carbonyl (C=O) groups is 1. The second kappa shape index (κ2) is 6.41. The number of aromatic nitrogens is 2. The lowest BCUT2D eigenvalue weighted by Crippen LogP contribution is -2.30. The largest absolute Gasteiger partial charge is 0.497 e. The first kappa shape index (κ1) is 15.4. The molecule has 1 aliphatic heterocycles. The van der Waals surface area contributed by atoms with Crippen molar-refractivity contribution >= 4 is 40.4 Å². The van der Waals surface area contributed by atoms with E-state index in [1.807, 2.05) is 47.4 Å². The Balaban J connectivity index is 1.64. The summed E-state index contributed by atoms with van der Waals surface area (Å²) >= 11 is 2.94. The molecule has 24 heavy (non-hydrogen) atoms. The molecule has 0 aliphatic carbocycles. The van der Waals surface area contributed by atoms with E-state index in [0.717, 1.165) is 46.4 Å². The second-order valence-electron chi connectivity index (χ2n) is 5.47. The zero-order valence-corrected chi connectivity index (χ0v) is 14.6. The summed E-state index contributed by atoms with van der Waals surface area (Å²) in [6, 6.07) is 13.4. The number of thioether (sulfide) groups is 1. The highest BCUT2D eigenvalue weighted by atomic mass is 32.2. The van der Waals surface area contributed by atoms with E-state index < -0.39 is 0 Å². The van der Waals surface area contributed by atoms with Crippen LogP contribution in [0.2, 0.25) is 0 Å². The Labute approximate surface area is 148 Å². The Morgan fingerprint density at radius 2 is 2.08 bits per heavy atom. The van der Waals surface area contributed by atoms with Gasteiger partial charge in [0.1, 0.15) is 22.2 Å². The molecular weight excluding hydrogens is 342 g/mol. The highest BCUT2D eigenvalue weighted by Crippen LogP contribution is 2.39. The standard InChI is InChI=1S/C17H15N3O2S2/c1-22-13-4-2-3-12(9-13)17-20(7-8-23-17)16(21)11-5-6-14-15(10-11)19-24-18-14/h2-6,9-10,17H,7-8H2,1H3/t17-/m0/s1. The van der Waals surface area contributed by atoms with Crippen LogP contribution in [0, 0.1) is 0 Å². The molecule has 1 saturated heterocycles. The molecule has 1 fully saturated rings. The summed E-state index contributed by atoms with van der Waals surface area (Å²) in [5.41, 5.74) is 3.35. The Morgan fingerprint density at radius 3 is 2.96 bits per heavy atom. The predicted octanol–water partition coefficient (Wildman–Crippen LogP) is 3.59. The van der Waals surface area contributed by atoms with Crippen LogP contribution >= 0.6 is 23.5 Å². The molecule has 122 valence electrons.